The third-order valence-corrected chi connectivity index (χ3v) is 6.17. The minimum atomic E-state index is -1.06. The van der Waals surface area contributed by atoms with Gasteiger partial charge in [0.15, 0.2) is 5.13 Å². The fourth-order valence-corrected chi connectivity index (χ4v) is 4.88. The third-order valence-electron chi connectivity index (χ3n) is 4.33. The van der Waals surface area contributed by atoms with Crippen molar-refractivity contribution in [3.63, 3.8) is 0 Å². The Bertz CT molecular complexity index is 781. The van der Waals surface area contributed by atoms with E-state index in [1.165, 1.54) is 11.3 Å². The van der Waals surface area contributed by atoms with Crippen molar-refractivity contribution in [2.75, 3.05) is 11.4 Å². The van der Waals surface area contributed by atoms with Crippen molar-refractivity contribution in [2.24, 2.45) is 0 Å². The van der Waals surface area contributed by atoms with Gasteiger partial charge in [-0.1, -0.05) is 59.0 Å². The Morgan fingerprint density at radius 2 is 1.96 bits per heavy atom. The predicted octanol–water partition coefficient (Wildman–Crippen LogP) is 1.66. The minimum absolute atomic E-state index is 0. The van der Waals surface area contributed by atoms with Crippen LogP contribution in [0.4, 0.5) is 5.13 Å². The maximum absolute atomic E-state index is 10.9. The molecule has 1 heterocycles. The monoisotopic (exact) mass is 440 g/mol. The average molecular weight is 442 g/mol. The van der Waals surface area contributed by atoms with Crippen LogP contribution in [0.15, 0.2) is 18.2 Å². The van der Waals surface area contributed by atoms with Gasteiger partial charge in [-0.05, 0) is 31.0 Å². The second-order valence-corrected chi connectivity index (χ2v) is 8.42. The van der Waals surface area contributed by atoms with Crippen LogP contribution < -0.4 is 39.6 Å². The molecule has 1 aliphatic carbocycles. The number of carboxylic acid groups (broad SMARTS) is 1. The largest absolute Gasteiger partial charge is 1.00 e. The van der Waals surface area contributed by atoms with Gasteiger partial charge in [0.05, 0.1) is 5.02 Å². The standard InChI is InChI=1S/C17H17Cl3N2O2S.Na/c18-10-5-6-12(13(19)9-10)15-16(20)25-17(21-15)22(8-7-14(23)24)11-3-1-2-4-11;/h5-6,9,11H,1-4,7-8H2,(H,23,24);/q;+1/p-1. The van der Waals surface area contributed by atoms with Crippen LogP contribution in [-0.2, 0) is 4.79 Å². The zero-order chi connectivity index (χ0) is 18.0. The number of benzene rings is 1. The number of thiazole rings is 1. The molecule has 134 valence electrons. The summed E-state index contributed by atoms with van der Waals surface area (Å²) < 4.78 is 0.524. The average Bonchev–Trinajstić information content (AvgIpc) is 3.18. The number of carboxylic acids is 1. The van der Waals surface area contributed by atoms with Crippen LogP contribution in [-0.4, -0.2) is 23.5 Å². The Morgan fingerprint density at radius 1 is 1.27 bits per heavy atom. The summed E-state index contributed by atoms with van der Waals surface area (Å²) in [6.07, 6.45) is 4.30. The minimum Gasteiger partial charge on any atom is -0.550 e. The van der Waals surface area contributed by atoms with Gasteiger partial charge in [0.1, 0.15) is 10.0 Å². The summed E-state index contributed by atoms with van der Waals surface area (Å²) in [5.41, 5.74) is 1.31. The number of hydrogen-bond donors (Lipinski definition) is 0. The maximum Gasteiger partial charge on any atom is 1.00 e. The van der Waals surface area contributed by atoms with Gasteiger partial charge in [0.25, 0.3) is 0 Å². The molecule has 0 N–H and O–H groups in total. The summed E-state index contributed by atoms with van der Waals surface area (Å²) in [5.74, 6) is -1.06. The second-order valence-electron chi connectivity index (χ2n) is 6.00. The SMILES string of the molecule is O=C([O-])CCN(c1nc(-c2ccc(Cl)cc2Cl)c(Cl)s1)C1CCCC1.[Na+]. The topological polar surface area (TPSA) is 56.3 Å². The van der Waals surface area contributed by atoms with E-state index in [1.54, 1.807) is 18.2 Å². The fourth-order valence-electron chi connectivity index (χ4n) is 3.12. The summed E-state index contributed by atoms with van der Waals surface area (Å²) in [7, 11) is 0. The van der Waals surface area contributed by atoms with Crippen molar-refractivity contribution < 1.29 is 39.5 Å². The van der Waals surface area contributed by atoms with Gasteiger partial charge in [-0.3, -0.25) is 0 Å². The first kappa shape index (κ1) is 22.3. The van der Waals surface area contributed by atoms with E-state index in [1.807, 2.05) is 4.90 Å². The molecule has 1 aromatic heterocycles. The van der Waals surface area contributed by atoms with Crippen LogP contribution in [0.5, 0.6) is 0 Å². The normalized spacial score (nSPS) is 14.3. The van der Waals surface area contributed by atoms with E-state index in [2.05, 4.69) is 4.98 Å². The summed E-state index contributed by atoms with van der Waals surface area (Å²) >= 11 is 20.0. The van der Waals surface area contributed by atoms with Gasteiger partial charge in [0.2, 0.25) is 0 Å². The van der Waals surface area contributed by atoms with E-state index in [9.17, 15) is 9.90 Å². The van der Waals surface area contributed by atoms with Gasteiger partial charge < -0.3 is 14.8 Å². The van der Waals surface area contributed by atoms with E-state index in [0.717, 1.165) is 30.8 Å². The molecule has 0 amide bonds. The molecule has 9 heteroatoms. The number of carbonyl (C=O) groups is 1. The molecule has 2 aromatic rings. The molecule has 0 aliphatic heterocycles. The summed E-state index contributed by atoms with van der Waals surface area (Å²) in [4.78, 5) is 17.6. The van der Waals surface area contributed by atoms with Crippen molar-refractivity contribution in [3.8, 4) is 11.3 Å². The fraction of sp³-hybridized carbons (Fsp3) is 0.412. The van der Waals surface area contributed by atoms with E-state index < -0.39 is 5.97 Å². The molecule has 1 aliphatic rings. The Labute approximate surface area is 193 Å². The van der Waals surface area contributed by atoms with Crippen LogP contribution in [0.25, 0.3) is 11.3 Å². The second kappa shape index (κ2) is 9.97. The maximum atomic E-state index is 10.9. The third kappa shape index (κ3) is 5.28. The van der Waals surface area contributed by atoms with Crippen LogP contribution in [0.2, 0.25) is 14.4 Å². The number of carbonyl (C=O) groups excluding carboxylic acids is 1. The molecule has 1 saturated carbocycles. The molecule has 1 aromatic carbocycles. The molecule has 0 spiro atoms. The van der Waals surface area contributed by atoms with Gasteiger partial charge in [-0.2, -0.15) is 0 Å². The van der Waals surface area contributed by atoms with Crippen molar-refractivity contribution in [3.05, 3.63) is 32.6 Å². The number of anilines is 1. The van der Waals surface area contributed by atoms with Crippen LogP contribution in [0.1, 0.15) is 32.1 Å². The first-order valence-electron chi connectivity index (χ1n) is 8.04. The van der Waals surface area contributed by atoms with Crippen LogP contribution in [0.3, 0.4) is 0 Å². The molecular formula is C17H16Cl3N2NaO2S. The Kier molecular flexibility index (Phi) is 8.54. The van der Waals surface area contributed by atoms with Crippen molar-refractivity contribution in [2.45, 2.75) is 38.1 Å². The number of rotatable bonds is 6. The molecule has 0 radical (unpaired) electrons. The number of hydrogen-bond acceptors (Lipinski definition) is 5. The quantitative estimate of drug-likeness (QED) is 0.640. The van der Waals surface area contributed by atoms with Gasteiger partial charge in [0, 0.05) is 35.6 Å². The van der Waals surface area contributed by atoms with Gasteiger partial charge in [-0.25, -0.2) is 4.98 Å². The number of halogens is 3. The molecule has 0 unspecified atom stereocenters. The van der Waals surface area contributed by atoms with Gasteiger partial charge in [-0.15, -0.1) is 0 Å². The van der Waals surface area contributed by atoms with Crippen LogP contribution in [0, 0.1) is 0 Å². The molecule has 1 fully saturated rings. The Hall–Kier alpha value is -0.01000. The molecule has 0 saturated heterocycles. The number of nitrogens with zero attached hydrogens (tertiary/aromatic N) is 2. The summed E-state index contributed by atoms with van der Waals surface area (Å²) in [5, 5.41) is 12.7. The molecule has 4 nitrogen and oxygen atoms in total. The zero-order valence-electron chi connectivity index (χ0n) is 14.3. The first-order chi connectivity index (χ1) is 12.0. The molecule has 0 bridgehead atoms. The molecule has 26 heavy (non-hydrogen) atoms. The summed E-state index contributed by atoms with van der Waals surface area (Å²) in [6, 6.07) is 5.47. The van der Waals surface area contributed by atoms with Crippen molar-refractivity contribution >= 4 is 57.2 Å². The predicted molar refractivity (Wildman–Crippen MR) is 102 cm³/mol. The van der Waals surface area contributed by atoms with E-state index in [0.29, 0.717) is 32.2 Å². The van der Waals surface area contributed by atoms with Gasteiger partial charge >= 0.3 is 29.6 Å². The van der Waals surface area contributed by atoms with E-state index in [4.69, 9.17) is 34.8 Å². The van der Waals surface area contributed by atoms with E-state index >= 15 is 0 Å². The number of aliphatic carboxylic acids is 1. The molecular weight excluding hydrogens is 426 g/mol. The zero-order valence-corrected chi connectivity index (χ0v) is 19.4. The Morgan fingerprint density at radius 3 is 2.58 bits per heavy atom. The molecule has 0 atom stereocenters. The Balaban J connectivity index is 0.00000243. The first-order valence-corrected chi connectivity index (χ1v) is 9.99. The number of aromatic nitrogens is 1. The summed E-state index contributed by atoms with van der Waals surface area (Å²) in [6.45, 7) is 0.366. The van der Waals surface area contributed by atoms with E-state index in [-0.39, 0.29) is 42.0 Å². The smallest absolute Gasteiger partial charge is 0.550 e. The molecule has 3 rings (SSSR count). The van der Waals surface area contributed by atoms with Crippen molar-refractivity contribution in [1.29, 1.82) is 0 Å². The van der Waals surface area contributed by atoms with Crippen LogP contribution >= 0.6 is 46.1 Å². The van der Waals surface area contributed by atoms with Crippen molar-refractivity contribution in [1.82, 2.24) is 4.98 Å².